The fourth-order valence-electron chi connectivity index (χ4n) is 2.77. The van der Waals surface area contributed by atoms with Crippen LogP contribution in [-0.2, 0) is 11.2 Å². The van der Waals surface area contributed by atoms with Gasteiger partial charge in [0.05, 0.1) is 6.10 Å². The molecule has 1 aliphatic carbocycles. The molecule has 112 valence electrons. The Kier molecular flexibility index (Phi) is 4.86. The van der Waals surface area contributed by atoms with Gasteiger partial charge >= 0.3 is 0 Å². The summed E-state index contributed by atoms with van der Waals surface area (Å²) in [7, 11) is 0. The SMILES string of the molecule is CCCc1c(Cl)ncnc1NC1CC(OCC)C1(C)C. The zero-order valence-corrected chi connectivity index (χ0v) is 13.5. The van der Waals surface area contributed by atoms with E-state index < -0.39 is 0 Å². The topological polar surface area (TPSA) is 47.0 Å². The summed E-state index contributed by atoms with van der Waals surface area (Å²) in [5.74, 6) is 0.875. The highest BCUT2D eigenvalue weighted by Gasteiger charge is 2.49. The molecule has 4 nitrogen and oxygen atoms in total. The third-order valence-electron chi connectivity index (χ3n) is 4.25. The first-order valence-corrected chi connectivity index (χ1v) is 7.76. The minimum atomic E-state index is 0.108. The van der Waals surface area contributed by atoms with Crippen molar-refractivity contribution in [2.75, 3.05) is 11.9 Å². The quantitative estimate of drug-likeness (QED) is 0.813. The van der Waals surface area contributed by atoms with Crippen molar-refractivity contribution in [3.8, 4) is 0 Å². The van der Waals surface area contributed by atoms with Gasteiger partial charge in [-0.05, 0) is 19.8 Å². The Morgan fingerprint density at radius 2 is 2.15 bits per heavy atom. The smallest absolute Gasteiger partial charge is 0.137 e. The number of hydrogen-bond donors (Lipinski definition) is 1. The highest BCUT2D eigenvalue weighted by molar-refractivity contribution is 6.30. The summed E-state index contributed by atoms with van der Waals surface area (Å²) >= 11 is 6.19. The zero-order valence-electron chi connectivity index (χ0n) is 12.7. The number of aromatic nitrogens is 2. The molecular formula is C15H24ClN3O. The van der Waals surface area contributed by atoms with E-state index in [4.69, 9.17) is 16.3 Å². The fraction of sp³-hybridized carbons (Fsp3) is 0.733. The number of rotatable bonds is 6. The number of halogens is 1. The maximum atomic E-state index is 6.19. The van der Waals surface area contributed by atoms with Crippen LogP contribution < -0.4 is 5.32 Å². The first kappa shape index (κ1) is 15.5. The average molecular weight is 298 g/mol. The van der Waals surface area contributed by atoms with Gasteiger partial charge in [-0.3, -0.25) is 0 Å². The maximum absolute atomic E-state index is 6.19. The van der Waals surface area contributed by atoms with E-state index >= 15 is 0 Å². The molecule has 0 aromatic carbocycles. The van der Waals surface area contributed by atoms with E-state index in [0.717, 1.165) is 37.3 Å². The monoisotopic (exact) mass is 297 g/mol. The van der Waals surface area contributed by atoms with Crippen LogP contribution in [0.15, 0.2) is 6.33 Å². The van der Waals surface area contributed by atoms with Gasteiger partial charge in [0.1, 0.15) is 17.3 Å². The average Bonchev–Trinajstić information content (AvgIpc) is 2.41. The number of anilines is 1. The normalized spacial score (nSPS) is 24.2. The second-order valence-corrected chi connectivity index (χ2v) is 6.30. The van der Waals surface area contributed by atoms with Crippen molar-refractivity contribution in [2.45, 2.75) is 59.1 Å². The van der Waals surface area contributed by atoms with Crippen LogP contribution in [0, 0.1) is 5.41 Å². The minimum Gasteiger partial charge on any atom is -0.378 e. The van der Waals surface area contributed by atoms with Gasteiger partial charge in [0.15, 0.2) is 0 Å². The molecule has 0 bridgehead atoms. The summed E-state index contributed by atoms with van der Waals surface area (Å²) in [5.41, 5.74) is 1.13. The lowest BCUT2D eigenvalue weighted by atomic mass is 9.64. The van der Waals surface area contributed by atoms with Crippen molar-refractivity contribution >= 4 is 17.4 Å². The van der Waals surface area contributed by atoms with Crippen LogP contribution in [0.1, 0.15) is 46.1 Å². The molecule has 0 radical (unpaired) electrons. The van der Waals surface area contributed by atoms with E-state index in [1.807, 2.05) is 6.92 Å². The standard InChI is InChI=1S/C15H24ClN3O/c1-5-7-10-13(16)17-9-18-14(10)19-11-8-12(20-6-2)15(11,3)4/h9,11-12H,5-8H2,1-4H3,(H,17,18,19). The van der Waals surface area contributed by atoms with Crippen LogP contribution in [0.3, 0.4) is 0 Å². The number of nitrogens with zero attached hydrogens (tertiary/aromatic N) is 2. The van der Waals surface area contributed by atoms with Crippen LogP contribution in [-0.4, -0.2) is 28.7 Å². The molecule has 0 amide bonds. The summed E-state index contributed by atoms with van der Waals surface area (Å²) in [4.78, 5) is 8.45. The molecule has 5 heteroatoms. The van der Waals surface area contributed by atoms with Crippen molar-refractivity contribution in [3.63, 3.8) is 0 Å². The third-order valence-corrected chi connectivity index (χ3v) is 4.58. The van der Waals surface area contributed by atoms with Crippen molar-refractivity contribution in [3.05, 3.63) is 17.0 Å². The molecule has 1 aromatic heterocycles. The molecule has 1 fully saturated rings. The van der Waals surface area contributed by atoms with Crippen LogP contribution in [0.5, 0.6) is 0 Å². The maximum Gasteiger partial charge on any atom is 0.137 e. The zero-order chi connectivity index (χ0) is 14.8. The molecular weight excluding hydrogens is 274 g/mol. The van der Waals surface area contributed by atoms with E-state index in [2.05, 4.69) is 36.1 Å². The van der Waals surface area contributed by atoms with Gasteiger partial charge in [-0.2, -0.15) is 0 Å². The van der Waals surface area contributed by atoms with Crippen molar-refractivity contribution in [1.82, 2.24) is 9.97 Å². The summed E-state index contributed by atoms with van der Waals surface area (Å²) in [5, 5.41) is 4.09. The second kappa shape index (κ2) is 6.27. The van der Waals surface area contributed by atoms with Crippen molar-refractivity contribution < 1.29 is 4.74 Å². The molecule has 1 saturated carbocycles. The van der Waals surface area contributed by atoms with Crippen molar-refractivity contribution in [1.29, 1.82) is 0 Å². The van der Waals surface area contributed by atoms with Gasteiger partial charge in [-0.1, -0.05) is 38.8 Å². The van der Waals surface area contributed by atoms with E-state index in [-0.39, 0.29) is 5.41 Å². The molecule has 1 heterocycles. The van der Waals surface area contributed by atoms with E-state index in [9.17, 15) is 0 Å². The van der Waals surface area contributed by atoms with Gasteiger partial charge in [0, 0.05) is 23.6 Å². The highest BCUT2D eigenvalue weighted by Crippen LogP contribution is 2.44. The van der Waals surface area contributed by atoms with Crippen molar-refractivity contribution in [2.24, 2.45) is 5.41 Å². The van der Waals surface area contributed by atoms with Crippen LogP contribution in [0.2, 0.25) is 5.15 Å². The second-order valence-electron chi connectivity index (χ2n) is 5.94. The summed E-state index contributed by atoms with van der Waals surface area (Å²) in [6.45, 7) is 9.40. The van der Waals surface area contributed by atoms with Crippen LogP contribution in [0.25, 0.3) is 0 Å². The lowest BCUT2D eigenvalue weighted by Gasteiger charge is -2.52. The fourth-order valence-corrected chi connectivity index (χ4v) is 2.99. The number of hydrogen-bond acceptors (Lipinski definition) is 4. The first-order valence-electron chi connectivity index (χ1n) is 7.38. The van der Waals surface area contributed by atoms with E-state index in [0.29, 0.717) is 17.3 Å². The molecule has 20 heavy (non-hydrogen) atoms. The van der Waals surface area contributed by atoms with E-state index in [1.165, 1.54) is 6.33 Å². The molecule has 0 saturated heterocycles. The Bertz CT molecular complexity index is 464. The molecule has 2 unspecified atom stereocenters. The predicted molar refractivity (Wildman–Crippen MR) is 82.3 cm³/mol. The van der Waals surface area contributed by atoms with Gasteiger partial charge in [0.25, 0.3) is 0 Å². The number of nitrogens with one attached hydrogen (secondary N) is 1. The van der Waals surface area contributed by atoms with Gasteiger partial charge < -0.3 is 10.1 Å². The third kappa shape index (κ3) is 2.91. The van der Waals surface area contributed by atoms with Gasteiger partial charge in [0.2, 0.25) is 0 Å². The highest BCUT2D eigenvalue weighted by atomic mass is 35.5. The largest absolute Gasteiger partial charge is 0.378 e. The summed E-state index contributed by atoms with van der Waals surface area (Å²) in [6.07, 6.45) is 4.77. The molecule has 0 aliphatic heterocycles. The molecule has 1 aromatic rings. The van der Waals surface area contributed by atoms with Gasteiger partial charge in [-0.15, -0.1) is 0 Å². The Labute approximate surface area is 126 Å². The molecule has 0 spiro atoms. The number of ether oxygens (including phenoxy) is 1. The first-order chi connectivity index (χ1) is 9.50. The lowest BCUT2D eigenvalue weighted by Crippen LogP contribution is -2.58. The van der Waals surface area contributed by atoms with Crippen LogP contribution >= 0.6 is 11.6 Å². The summed E-state index contributed by atoms with van der Waals surface area (Å²) < 4.78 is 5.76. The van der Waals surface area contributed by atoms with Crippen LogP contribution in [0.4, 0.5) is 5.82 Å². The Balaban J connectivity index is 2.10. The van der Waals surface area contributed by atoms with Gasteiger partial charge in [-0.25, -0.2) is 9.97 Å². The molecule has 1 aliphatic rings. The minimum absolute atomic E-state index is 0.108. The molecule has 1 N–H and O–H groups in total. The Morgan fingerprint density at radius 3 is 2.75 bits per heavy atom. The Morgan fingerprint density at radius 1 is 1.40 bits per heavy atom. The molecule has 2 rings (SSSR count). The lowest BCUT2D eigenvalue weighted by molar-refractivity contribution is -0.0976. The summed E-state index contributed by atoms with van der Waals surface area (Å²) in [6, 6.07) is 0.362. The molecule has 2 atom stereocenters. The van der Waals surface area contributed by atoms with E-state index in [1.54, 1.807) is 0 Å². The Hall–Kier alpha value is -0.870. The predicted octanol–water partition coefficient (Wildman–Crippen LogP) is 3.70.